The van der Waals surface area contributed by atoms with Gasteiger partial charge < -0.3 is 10.0 Å². The molecule has 0 aromatic rings. The Morgan fingerprint density at radius 3 is 3.00 bits per heavy atom. The second-order valence-corrected chi connectivity index (χ2v) is 3.01. The molecule has 1 aliphatic rings. The third kappa shape index (κ3) is 2.08. The summed E-state index contributed by atoms with van der Waals surface area (Å²) < 4.78 is 0. The lowest BCUT2D eigenvalue weighted by Crippen LogP contribution is -2.38. The number of nitrogens with zero attached hydrogens (tertiary/aromatic N) is 1. The second kappa shape index (κ2) is 4.07. The minimum Gasteiger partial charge on any atom is -0.480 e. The van der Waals surface area contributed by atoms with Gasteiger partial charge in [-0.25, -0.2) is 4.79 Å². The molecule has 4 heteroatoms. The summed E-state index contributed by atoms with van der Waals surface area (Å²) in [4.78, 5) is 23.3. The van der Waals surface area contributed by atoms with Gasteiger partial charge in [-0.1, -0.05) is 12.2 Å². The first kappa shape index (κ1) is 9.77. The van der Waals surface area contributed by atoms with Crippen LogP contribution in [0.5, 0.6) is 0 Å². The molecule has 1 aliphatic heterocycles. The zero-order valence-corrected chi connectivity index (χ0v) is 7.56. The number of carboxylic acids is 1. The number of carbonyl (C=O) groups excluding carboxylic acids is 1. The molecule has 0 spiro atoms. The maximum absolute atomic E-state index is 11.2. The van der Waals surface area contributed by atoms with E-state index >= 15 is 0 Å². The van der Waals surface area contributed by atoms with E-state index in [1.807, 2.05) is 13.0 Å². The van der Waals surface area contributed by atoms with Crippen LogP contribution in [-0.4, -0.2) is 34.5 Å². The molecule has 0 saturated carbocycles. The van der Waals surface area contributed by atoms with Crippen molar-refractivity contribution in [3.8, 4) is 0 Å². The average molecular weight is 183 g/mol. The van der Waals surface area contributed by atoms with Gasteiger partial charge in [0.1, 0.15) is 6.04 Å². The Labute approximate surface area is 76.8 Å². The molecule has 1 fully saturated rings. The molecule has 4 nitrogen and oxygen atoms in total. The van der Waals surface area contributed by atoms with Crippen molar-refractivity contribution in [2.75, 3.05) is 6.54 Å². The number of rotatable bonds is 3. The molecule has 0 aromatic heterocycles. The fourth-order valence-electron chi connectivity index (χ4n) is 1.44. The lowest BCUT2D eigenvalue weighted by Gasteiger charge is -2.19. The molecule has 1 rings (SSSR count). The molecule has 0 aromatic carbocycles. The van der Waals surface area contributed by atoms with Crippen LogP contribution in [0.2, 0.25) is 0 Å². The van der Waals surface area contributed by atoms with Crippen LogP contribution in [0.1, 0.15) is 19.8 Å². The van der Waals surface area contributed by atoms with Crippen molar-refractivity contribution >= 4 is 11.9 Å². The van der Waals surface area contributed by atoms with Crippen LogP contribution in [0.15, 0.2) is 12.2 Å². The number of carbonyl (C=O) groups is 2. The van der Waals surface area contributed by atoms with Crippen LogP contribution in [0.3, 0.4) is 0 Å². The van der Waals surface area contributed by atoms with E-state index in [2.05, 4.69) is 0 Å². The topological polar surface area (TPSA) is 57.6 Å². The Bertz CT molecular complexity index is 247. The van der Waals surface area contributed by atoms with E-state index in [1.165, 1.54) is 4.90 Å². The van der Waals surface area contributed by atoms with Gasteiger partial charge in [-0.15, -0.1) is 0 Å². The van der Waals surface area contributed by atoms with E-state index < -0.39 is 12.0 Å². The summed E-state index contributed by atoms with van der Waals surface area (Å²) in [6, 6.07) is -0.622. The molecule has 1 heterocycles. The lowest BCUT2D eigenvalue weighted by atomic mass is 10.2. The molecule has 0 aliphatic carbocycles. The van der Waals surface area contributed by atoms with Gasteiger partial charge in [0.25, 0.3) is 0 Å². The fraction of sp³-hybridized carbons (Fsp3) is 0.556. The number of hydrogen-bond acceptors (Lipinski definition) is 2. The van der Waals surface area contributed by atoms with Crippen molar-refractivity contribution in [2.45, 2.75) is 25.8 Å². The number of allylic oxidation sites excluding steroid dienone is 1. The van der Waals surface area contributed by atoms with Crippen molar-refractivity contribution < 1.29 is 14.7 Å². The molecule has 1 amide bonds. The van der Waals surface area contributed by atoms with Crippen LogP contribution >= 0.6 is 0 Å². The van der Waals surface area contributed by atoms with Crippen molar-refractivity contribution in [3.63, 3.8) is 0 Å². The van der Waals surface area contributed by atoms with Crippen LogP contribution in [0.25, 0.3) is 0 Å². The molecular weight excluding hydrogens is 170 g/mol. The second-order valence-electron chi connectivity index (χ2n) is 3.01. The normalized spacial score (nSPS) is 23.0. The summed E-state index contributed by atoms with van der Waals surface area (Å²) in [7, 11) is 0. The molecule has 1 unspecified atom stereocenters. The van der Waals surface area contributed by atoms with Crippen LogP contribution in [-0.2, 0) is 9.59 Å². The number of hydrogen-bond donors (Lipinski definition) is 1. The summed E-state index contributed by atoms with van der Waals surface area (Å²) in [6.07, 6.45) is 4.39. The number of carboxylic acid groups (broad SMARTS) is 1. The highest BCUT2D eigenvalue weighted by Crippen LogP contribution is 2.18. The quantitative estimate of drug-likeness (QED) is 0.653. The van der Waals surface area contributed by atoms with E-state index in [-0.39, 0.29) is 5.91 Å². The Morgan fingerprint density at radius 1 is 1.77 bits per heavy atom. The smallest absolute Gasteiger partial charge is 0.326 e. The van der Waals surface area contributed by atoms with E-state index in [4.69, 9.17) is 5.11 Å². The van der Waals surface area contributed by atoms with Gasteiger partial charge in [-0.3, -0.25) is 4.79 Å². The highest BCUT2D eigenvalue weighted by molar-refractivity contribution is 5.87. The van der Waals surface area contributed by atoms with Crippen LogP contribution in [0, 0.1) is 0 Å². The summed E-state index contributed by atoms with van der Waals surface area (Å²) >= 11 is 0. The summed E-state index contributed by atoms with van der Waals surface area (Å²) in [5.74, 6) is -0.971. The van der Waals surface area contributed by atoms with Crippen LogP contribution in [0.4, 0.5) is 0 Å². The van der Waals surface area contributed by atoms with Gasteiger partial charge in [-0.05, 0) is 13.3 Å². The third-order valence-electron chi connectivity index (χ3n) is 2.15. The van der Waals surface area contributed by atoms with E-state index in [0.717, 1.165) is 0 Å². The first-order chi connectivity index (χ1) is 6.16. The fourth-order valence-corrected chi connectivity index (χ4v) is 1.44. The Morgan fingerprint density at radius 2 is 2.46 bits per heavy atom. The maximum atomic E-state index is 11.2. The standard InChI is InChI=1S/C9H13NO3/c1-2-3-6-10-7(9(12)13)4-5-8(10)11/h2-3,7H,4-6H2,1H3,(H,12,13)/b3-2+. The molecular formula is C9H13NO3. The Hall–Kier alpha value is -1.32. The SMILES string of the molecule is C/C=C/CN1C(=O)CCC1C(=O)O. The predicted molar refractivity (Wildman–Crippen MR) is 47.2 cm³/mol. The van der Waals surface area contributed by atoms with Gasteiger partial charge in [0.2, 0.25) is 5.91 Å². The van der Waals surface area contributed by atoms with Gasteiger partial charge in [0, 0.05) is 13.0 Å². The first-order valence-electron chi connectivity index (χ1n) is 4.30. The minimum absolute atomic E-state index is 0.0644. The van der Waals surface area contributed by atoms with Crippen molar-refractivity contribution in [1.82, 2.24) is 4.90 Å². The number of amides is 1. The van der Waals surface area contributed by atoms with Crippen molar-refractivity contribution in [1.29, 1.82) is 0 Å². The molecule has 1 atom stereocenters. The van der Waals surface area contributed by atoms with E-state index in [9.17, 15) is 9.59 Å². The van der Waals surface area contributed by atoms with Crippen molar-refractivity contribution in [2.24, 2.45) is 0 Å². The first-order valence-corrected chi connectivity index (χ1v) is 4.30. The summed E-state index contributed by atoms with van der Waals surface area (Å²) in [6.45, 7) is 2.25. The van der Waals surface area contributed by atoms with Gasteiger partial charge >= 0.3 is 5.97 Å². The highest BCUT2D eigenvalue weighted by Gasteiger charge is 2.34. The summed E-state index contributed by atoms with van der Waals surface area (Å²) in [5.41, 5.74) is 0. The predicted octanol–water partition coefficient (Wildman–Crippen LogP) is 0.638. The molecule has 13 heavy (non-hydrogen) atoms. The average Bonchev–Trinajstić information content (AvgIpc) is 2.43. The number of aliphatic carboxylic acids is 1. The Balaban J connectivity index is 2.65. The van der Waals surface area contributed by atoms with E-state index in [0.29, 0.717) is 19.4 Å². The molecule has 0 radical (unpaired) electrons. The Kier molecular flexibility index (Phi) is 3.06. The zero-order valence-electron chi connectivity index (χ0n) is 7.56. The summed E-state index contributed by atoms with van der Waals surface area (Å²) in [5, 5.41) is 8.78. The third-order valence-corrected chi connectivity index (χ3v) is 2.15. The molecule has 0 bridgehead atoms. The van der Waals surface area contributed by atoms with Crippen molar-refractivity contribution in [3.05, 3.63) is 12.2 Å². The molecule has 1 N–H and O–H groups in total. The van der Waals surface area contributed by atoms with E-state index in [1.54, 1.807) is 6.08 Å². The lowest BCUT2D eigenvalue weighted by molar-refractivity contribution is -0.145. The van der Waals surface area contributed by atoms with Gasteiger partial charge in [-0.2, -0.15) is 0 Å². The maximum Gasteiger partial charge on any atom is 0.326 e. The largest absolute Gasteiger partial charge is 0.480 e. The zero-order chi connectivity index (χ0) is 9.84. The number of likely N-dealkylation sites (tertiary alicyclic amines) is 1. The molecule has 72 valence electrons. The minimum atomic E-state index is -0.907. The van der Waals surface area contributed by atoms with Gasteiger partial charge in [0.05, 0.1) is 0 Å². The van der Waals surface area contributed by atoms with Gasteiger partial charge in [0.15, 0.2) is 0 Å². The highest BCUT2D eigenvalue weighted by atomic mass is 16.4. The monoisotopic (exact) mass is 183 g/mol. The molecule has 1 saturated heterocycles. The van der Waals surface area contributed by atoms with Crippen LogP contribution < -0.4 is 0 Å².